The molecule has 0 aromatic heterocycles. The van der Waals surface area contributed by atoms with E-state index in [1.54, 1.807) is 24.8 Å². The summed E-state index contributed by atoms with van der Waals surface area (Å²) in [6.07, 6.45) is -2.94. The van der Waals surface area contributed by atoms with Crippen molar-refractivity contribution in [1.29, 1.82) is 0 Å². The third-order valence-corrected chi connectivity index (χ3v) is 4.25. The van der Waals surface area contributed by atoms with Crippen molar-refractivity contribution in [3.05, 3.63) is 23.8 Å². The number of anilines is 1. The maximum absolute atomic E-state index is 12.5. The van der Waals surface area contributed by atoms with Crippen LogP contribution in [0.4, 0.5) is 23.7 Å². The molecule has 134 valence electrons. The highest BCUT2D eigenvalue weighted by atomic mass is 19.4. The number of halogens is 3. The van der Waals surface area contributed by atoms with Crippen molar-refractivity contribution in [2.24, 2.45) is 0 Å². The Morgan fingerprint density at radius 1 is 1.46 bits per heavy atom. The van der Waals surface area contributed by atoms with E-state index >= 15 is 0 Å². The Morgan fingerprint density at radius 3 is 2.79 bits per heavy atom. The highest BCUT2D eigenvalue weighted by molar-refractivity contribution is 5.91. The molecule has 1 aromatic carbocycles. The molecule has 2 N–H and O–H groups in total. The summed E-state index contributed by atoms with van der Waals surface area (Å²) in [6, 6.07) is 4.15. The Kier molecular flexibility index (Phi) is 5.27. The first-order valence-corrected chi connectivity index (χ1v) is 7.65. The zero-order valence-corrected chi connectivity index (χ0v) is 13.6. The lowest BCUT2D eigenvalue weighted by Crippen LogP contribution is -2.49. The molecule has 2 amide bonds. The van der Waals surface area contributed by atoms with Gasteiger partial charge in [0.15, 0.2) is 6.61 Å². The second-order valence-corrected chi connectivity index (χ2v) is 6.17. The molecule has 1 aliphatic heterocycles. The van der Waals surface area contributed by atoms with Crippen LogP contribution in [0.3, 0.4) is 0 Å². The zero-order valence-electron chi connectivity index (χ0n) is 13.6. The van der Waals surface area contributed by atoms with Crippen molar-refractivity contribution in [3.63, 3.8) is 0 Å². The Hall–Kier alpha value is -1.96. The van der Waals surface area contributed by atoms with E-state index in [4.69, 9.17) is 4.74 Å². The van der Waals surface area contributed by atoms with Gasteiger partial charge in [-0.25, -0.2) is 4.79 Å². The fourth-order valence-corrected chi connectivity index (χ4v) is 2.78. The summed E-state index contributed by atoms with van der Waals surface area (Å²) >= 11 is 0. The Bertz CT molecular complexity index is 607. The van der Waals surface area contributed by atoms with Crippen molar-refractivity contribution < 1.29 is 27.8 Å². The van der Waals surface area contributed by atoms with Crippen LogP contribution in [0.2, 0.25) is 0 Å². The number of benzene rings is 1. The number of carbonyl (C=O) groups is 1. The van der Waals surface area contributed by atoms with Crippen LogP contribution in [0.25, 0.3) is 0 Å². The largest absolute Gasteiger partial charge is 0.484 e. The van der Waals surface area contributed by atoms with E-state index in [0.29, 0.717) is 24.2 Å². The maximum Gasteiger partial charge on any atom is 0.422 e. The number of aliphatic hydroxyl groups is 1. The van der Waals surface area contributed by atoms with Gasteiger partial charge in [-0.05, 0) is 38.8 Å². The smallest absolute Gasteiger partial charge is 0.422 e. The van der Waals surface area contributed by atoms with E-state index in [0.717, 1.165) is 6.42 Å². The first-order chi connectivity index (χ1) is 11.2. The predicted octanol–water partition coefficient (Wildman–Crippen LogP) is 3.31. The van der Waals surface area contributed by atoms with Gasteiger partial charge in [-0.15, -0.1) is 0 Å². The summed E-state index contributed by atoms with van der Waals surface area (Å²) in [5.41, 5.74) is 0.175. The van der Waals surface area contributed by atoms with Gasteiger partial charge in [-0.1, -0.05) is 6.07 Å². The zero-order chi connectivity index (χ0) is 18.0. The molecule has 1 aromatic rings. The molecule has 0 aliphatic carbocycles. The number of nitrogens with zero attached hydrogens (tertiary/aromatic N) is 1. The van der Waals surface area contributed by atoms with Gasteiger partial charge >= 0.3 is 12.2 Å². The molecule has 1 heterocycles. The lowest BCUT2D eigenvalue weighted by atomic mass is 10.0. The van der Waals surface area contributed by atoms with E-state index in [1.807, 2.05) is 0 Å². The molecule has 1 atom stereocenters. The lowest BCUT2D eigenvalue weighted by molar-refractivity contribution is -0.153. The number of hydrogen-bond donors (Lipinski definition) is 2. The first-order valence-electron chi connectivity index (χ1n) is 7.65. The van der Waals surface area contributed by atoms with E-state index in [2.05, 4.69) is 5.32 Å². The molecule has 0 saturated carbocycles. The third-order valence-electron chi connectivity index (χ3n) is 4.25. The van der Waals surface area contributed by atoms with Gasteiger partial charge in [0.25, 0.3) is 0 Å². The standard InChI is InChI=1S/C16H21F3N2O3/c1-11-12(5-3-6-13(11)24-10-16(17,18)19)20-14(23)21-8-4-7-15(21,2)9-22/h3,5-6,22H,4,7-10H2,1-2H3,(H,20,23). The Balaban J connectivity index is 2.11. The van der Waals surface area contributed by atoms with Gasteiger partial charge in [-0.2, -0.15) is 13.2 Å². The Morgan fingerprint density at radius 2 is 2.17 bits per heavy atom. The fourth-order valence-electron chi connectivity index (χ4n) is 2.78. The molecule has 8 heteroatoms. The van der Waals surface area contributed by atoms with Crippen molar-refractivity contribution in [3.8, 4) is 5.75 Å². The van der Waals surface area contributed by atoms with Gasteiger partial charge in [0.1, 0.15) is 5.75 Å². The highest BCUT2D eigenvalue weighted by Crippen LogP contribution is 2.31. The summed E-state index contributed by atoms with van der Waals surface area (Å²) in [6.45, 7) is 2.37. The van der Waals surface area contributed by atoms with E-state index in [9.17, 15) is 23.1 Å². The van der Waals surface area contributed by atoms with Gasteiger partial charge < -0.3 is 20.1 Å². The van der Waals surface area contributed by atoms with Crippen molar-refractivity contribution >= 4 is 11.7 Å². The molecular formula is C16H21F3N2O3. The highest BCUT2D eigenvalue weighted by Gasteiger charge is 2.39. The minimum atomic E-state index is -4.43. The van der Waals surface area contributed by atoms with Crippen LogP contribution >= 0.6 is 0 Å². The SMILES string of the molecule is Cc1c(NC(=O)N2CCCC2(C)CO)cccc1OCC(F)(F)F. The number of alkyl halides is 3. The number of amides is 2. The van der Waals surface area contributed by atoms with Crippen LogP contribution in [0, 0.1) is 6.92 Å². The number of urea groups is 1. The average molecular weight is 346 g/mol. The summed E-state index contributed by atoms with van der Waals surface area (Å²) in [5, 5.41) is 12.2. The molecule has 1 fully saturated rings. The minimum Gasteiger partial charge on any atom is -0.484 e. The van der Waals surface area contributed by atoms with E-state index < -0.39 is 18.3 Å². The number of aliphatic hydroxyl groups excluding tert-OH is 1. The summed E-state index contributed by atoms with van der Waals surface area (Å²) in [5.74, 6) is 0.0662. The summed E-state index contributed by atoms with van der Waals surface area (Å²) < 4.78 is 41.6. The monoisotopic (exact) mass is 346 g/mol. The molecule has 2 rings (SSSR count). The molecule has 1 saturated heterocycles. The normalized spacial score (nSPS) is 21.0. The van der Waals surface area contributed by atoms with Crippen LogP contribution in [0.5, 0.6) is 5.75 Å². The van der Waals surface area contributed by atoms with Gasteiger partial charge in [0.05, 0.1) is 12.1 Å². The quantitative estimate of drug-likeness (QED) is 0.879. The molecule has 0 radical (unpaired) electrons. The average Bonchev–Trinajstić information content (AvgIpc) is 2.90. The molecule has 0 bridgehead atoms. The molecule has 24 heavy (non-hydrogen) atoms. The molecule has 1 unspecified atom stereocenters. The number of ether oxygens (including phenoxy) is 1. The van der Waals surface area contributed by atoms with Gasteiger partial charge in [0.2, 0.25) is 0 Å². The van der Waals surface area contributed by atoms with Crippen LogP contribution < -0.4 is 10.1 Å². The fraction of sp³-hybridized carbons (Fsp3) is 0.562. The minimum absolute atomic E-state index is 0.0662. The number of rotatable bonds is 4. The molecule has 5 nitrogen and oxygen atoms in total. The second kappa shape index (κ2) is 6.88. The molecule has 1 aliphatic rings. The van der Waals surface area contributed by atoms with Crippen LogP contribution in [-0.4, -0.2) is 47.5 Å². The topological polar surface area (TPSA) is 61.8 Å². The number of hydrogen-bond acceptors (Lipinski definition) is 3. The third kappa shape index (κ3) is 4.11. The van der Waals surface area contributed by atoms with Crippen molar-refractivity contribution in [2.75, 3.05) is 25.1 Å². The molecular weight excluding hydrogens is 325 g/mol. The summed E-state index contributed by atoms with van der Waals surface area (Å²) in [7, 11) is 0. The summed E-state index contributed by atoms with van der Waals surface area (Å²) in [4.78, 5) is 14.0. The number of likely N-dealkylation sites (tertiary alicyclic amines) is 1. The Labute approximate surface area is 138 Å². The number of nitrogens with one attached hydrogen (secondary N) is 1. The van der Waals surface area contributed by atoms with Crippen LogP contribution in [0.15, 0.2) is 18.2 Å². The molecule has 0 spiro atoms. The van der Waals surface area contributed by atoms with Crippen molar-refractivity contribution in [1.82, 2.24) is 4.90 Å². The van der Waals surface area contributed by atoms with Crippen LogP contribution in [-0.2, 0) is 0 Å². The maximum atomic E-state index is 12.5. The second-order valence-electron chi connectivity index (χ2n) is 6.17. The first kappa shape index (κ1) is 18.4. The van der Waals surface area contributed by atoms with Crippen LogP contribution in [0.1, 0.15) is 25.3 Å². The number of carbonyl (C=O) groups excluding carboxylic acids is 1. The van der Waals surface area contributed by atoms with Gasteiger partial charge in [0, 0.05) is 17.8 Å². The lowest BCUT2D eigenvalue weighted by Gasteiger charge is -2.33. The van der Waals surface area contributed by atoms with Gasteiger partial charge in [-0.3, -0.25) is 0 Å². The predicted molar refractivity (Wildman–Crippen MR) is 83.2 cm³/mol. The van der Waals surface area contributed by atoms with Crippen molar-refractivity contribution in [2.45, 2.75) is 38.4 Å². The van der Waals surface area contributed by atoms with E-state index in [-0.39, 0.29) is 18.4 Å². The van der Waals surface area contributed by atoms with E-state index in [1.165, 1.54) is 12.1 Å².